The number of hydrogen-bond acceptors (Lipinski definition) is 2. The van der Waals surface area contributed by atoms with Gasteiger partial charge in [-0.05, 0) is 24.5 Å². The van der Waals surface area contributed by atoms with Gasteiger partial charge in [0.15, 0.2) is 0 Å². The van der Waals surface area contributed by atoms with Crippen LogP contribution in [0.3, 0.4) is 0 Å². The molecule has 1 heterocycles. The van der Waals surface area contributed by atoms with Gasteiger partial charge in [0.25, 0.3) is 0 Å². The van der Waals surface area contributed by atoms with Gasteiger partial charge in [-0.2, -0.15) is 0 Å². The van der Waals surface area contributed by atoms with Crippen LogP contribution in [0.2, 0.25) is 0 Å². The summed E-state index contributed by atoms with van der Waals surface area (Å²) in [6, 6.07) is 3.50. The van der Waals surface area contributed by atoms with Gasteiger partial charge in [-0.25, -0.2) is 13.8 Å². The summed E-state index contributed by atoms with van der Waals surface area (Å²) < 4.78 is 27.3. The molecule has 0 fully saturated rings. The van der Waals surface area contributed by atoms with Crippen LogP contribution in [0.15, 0.2) is 24.4 Å². The van der Waals surface area contributed by atoms with Crippen molar-refractivity contribution < 1.29 is 8.78 Å². The molecule has 2 rings (SSSR count). The van der Waals surface area contributed by atoms with Gasteiger partial charge in [0.05, 0.1) is 23.5 Å². The van der Waals surface area contributed by atoms with Gasteiger partial charge in [0, 0.05) is 0 Å². The van der Waals surface area contributed by atoms with Crippen molar-refractivity contribution in [2.24, 2.45) is 11.7 Å². The summed E-state index contributed by atoms with van der Waals surface area (Å²) in [6.45, 7) is 4.11. The molecular weight excluding hydrogens is 248 g/mol. The van der Waals surface area contributed by atoms with Gasteiger partial charge >= 0.3 is 0 Å². The van der Waals surface area contributed by atoms with Crippen molar-refractivity contribution in [1.29, 1.82) is 0 Å². The monoisotopic (exact) mass is 265 g/mol. The van der Waals surface area contributed by atoms with E-state index in [2.05, 4.69) is 23.8 Å². The highest BCUT2D eigenvalue weighted by atomic mass is 19.1. The van der Waals surface area contributed by atoms with Crippen molar-refractivity contribution in [2.45, 2.75) is 26.3 Å². The van der Waals surface area contributed by atoms with Crippen LogP contribution >= 0.6 is 0 Å². The normalized spacial score (nSPS) is 12.9. The van der Waals surface area contributed by atoms with Gasteiger partial charge < -0.3 is 10.7 Å². The maximum atomic E-state index is 13.6. The average molecular weight is 265 g/mol. The Morgan fingerprint density at radius 1 is 1.26 bits per heavy atom. The number of aromatic nitrogens is 2. The predicted molar refractivity (Wildman–Crippen MR) is 70.3 cm³/mol. The number of nitrogens with zero attached hydrogens (tertiary/aromatic N) is 1. The van der Waals surface area contributed by atoms with Crippen molar-refractivity contribution in [2.75, 3.05) is 0 Å². The van der Waals surface area contributed by atoms with E-state index in [0.29, 0.717) is 17.4 Å². The Bertz CT molecular complexity index is 543. The highest BCUT2D eigenvalue weighted by Crippen LogP contribution is 2.26. The molecule has 0 bridgehead atoms. The lowest BCUT2D eigenvalue weighted by atomic mass is 10.0. The van der Waals surface area contributed by atoms with Gasteiger partial charge in [-0.3, -0.25) is 0 Å². The van der Waals surface area contributed by atoms with Crippen molar-refractivity contribution >= 4 is 0 Å². The Balaban J connectivity index is 2.31. The molecule has 1 aromatic carbocycles. The molecule has 0 spiro atoms. The third-order valence-corrected chi connectivity index (χ3v) is 2.90. The Morgan fingerprint density at radius 3 is 2.47 bits per heavy atom. The summed E-state index contributed by atoms with van der Waals surface area (Å²) in [5, 5.41) is 0. The number of imidazole rings is 1. The summed E-state index contributed by atoms with van der Waals surface area (Å²) in [5.41, 5.74) is 6.19. The smallest absolute Gasteiger partial charge is 0.135 e. The lowest BCUT2D eigenvalue weighted by Crippen LogP contribution is -2.14. The molecule has 3 N–H and O–H groups in total. The maximum Gasteiger partial charge on any atom is 0.135 e. The molecule has 3 nitrogen and oxygen atoms in total. The van der Waals surface area contributed by atoms with Crippen LogP contribution in [0.4, 0.5) is 8.78 Å². The topological polar surface area (TPSA) is 54.7 Å². The largest absolute Gasteiger partial charge is 0.341 e. The maximum absolute atomic E-state index is 13.6. The van der Waals surface area contributed by atoms with Gasteiger partial charge in [-0.15, -0.1) is 0 Å². The SMILES string of the molecule is CC(C)CC(N)c1ncc(-c2c(F)cccc2F)[nH]1. The number of nitrogens with one attached hydrogen (secondary N) is 1. The third-order valence-electron chi connectivity index (χ3n) is 2.90. The Kier molecular flexibility index (Phi) is 3.95. The number of benzene rings is 1. The second-order valence-electron chi connectivity index (χ2n) is 5.01. The van der Waals surface area contributed by atoms with Gasteiger partial charge in [-0.1, -0.05) is 19.9 Å². The average Bonchev–Trinajstić information content (AvgIpc) is 2.77. The Labute approximate surface area is 110 Å². The first-order chi connectivity index (χ1) is 8.99. The molecule has 0 aliphatic carbocycles. The molecule has 0 saturated heterocycles. The number of H-pyrrole nitrogens is 1. The summed E-state index contributed by atoms with van der Waals surface area (Å²) >= 11 is 0. The van der Waals surface area contributed by atoms with Crippen LogP contribution in [0, 0.1) is 17.6 Å². The van der Waals surface area contributed by atoms with Gasteiger partial charge in [0.1, 0.15) is 17.5 Å². The summed E-state index contributed by atoms with van der Waals surface area (Å²) in [5.74, 6) is -0.264. The van der Waals surface area contributed by atoms with Crippen LogP contribution < -0.4 is 5.73 Å². The van der Waals surface area contributed by atoms with E-state index in [1.54, 1.807) is 0 Å². The third kappa shape index (κ3) is 2.98. The number of hydrogen-bond donors (Lipinski definition) is 2. The molecule has 1 aromatic heterocycles. The second kappa shape index (κ2) is 5.48. The highest BCUT2D eigenvalue weighted by Gasteiger charge is 2.16. The zero-order chi connectivity index (χ0) is 14.0. The van der Waals surface area contributed by atoms with Crippen molar-refractivity contribution in [3.8, 4) is 11.3 Å². The number of aromatic amines is 1. The molecule has 1 atom stereocenters. The molecule has 0 aliphatic heterocycles. The van der Waals surface area contributed by atoms with Crippen LogP contribution in [0.5, 0.6) is 0 Å². The Hall–Kier alpha value is -1.75. The van der Waals surface area contributed by atoms with Crippen molar-refractivity contribution in [3.05, 3.63) is 41.9 Å². The molecule has 0 radical (unpaired) electrons. The standard InChI is InChI=1S/C14H17F2N3/c1-8(2)6-11(17)14-18-7-12(19-14)13-9(15)4-3-5-10(13)16/h3-5,7-8,11H,6,17H2,1-2H3,(H,18,19). The predicted octanol–water partition coefficient (Wildman–Crippen LogP) is 3.40. The van der Waals surface area contributed by atoms with Gasteiger partial charge in [0.2, 0.25) is 0 Å². The minimum absolute atomic E-state index is 0.0991. The minimum Gasteiger partial charge on any atom is -0.341 e. The van der Waals surface area contributed by atoms with E-state index >= 15 is 0 Å². The molecule has 2 aromatic rings. The summed E-state index contributed by atoms with van der Waals surface area (Å²) in [6.07, 6.45) is 2.17. The fourth-order valence-corrected chi connectivity index (χ4v) is 2.03. The number of halogens is 2. The molecular formula is C14H17F2N3. The van der Waals surface area contributed by atoms with Crippen LogP contribution in [0.25, 0.3) is 11.3 Å². The molecule has 0 amide bonds. The first-order valence-electron chi connectivity index (χ1n) is 6.24. The summed E-state index contributed by atoms with van der Waals surface area (Å²) in [7, 11) is 0. The first-order valence-corrected chi connectivity index (χ1v) is 6.24. The molecule has 1 unspecified atom stereocenters. The van der Waals surface area contributed by atoms with Crippen LogP contribution in [0.1, 0.15) is 32.1 Å². The lowest BCUT2D eigenvalue weighted by Gasteiger charge is -2.11. The molecule has 0 aliphatic rings. The quantitative estimate of drug-likeness (QED) is 0.890. The van der Waals surface area contributed by atoms with E-state index in [4.69, 9.17) is 5.73 Å². The van der Waals surface area contributed by atoms with Crippen LogP contribution in [-0.4, -0.2) is 9.97 Å². The Morgan fingerprint density at radius 2 is 1.89 bits per heavy atom. The van der Waals surface area contributed by atoms with Crippen molar-refractivity contribution in [1.82, 2.24) is 9.97 Å². The lowest BCUT2D eigenvalue weighted by molar-refractivity contribution is 0.496. The molecule has 5 heteroatoms. The molecule has 19 heavy (non-hydrogen) atoms. The second-order valence-corrected chi connectivity index (χ2v) is 5.01. The molecule has 102 valence electrons. The van der Waals surface area contributed by atoms with E-state index in [1.165, 1.54) is 24.4 Å². The molecule has 0 saturated carbocycles. The minimum atomic E-state index is -0.618. The highest BCUT2D eigenvalue weighted by molar-refractivity contribution is 5.60. The zero-order valence-corrected chi connectivity index (χ0v) is 11.0. The first kappa shape index (κ1) is 13.7. The van der Waals surface area contributed by atoms with E-state index in [-0.39, 0.29) is 11.6 Å². The fourth-order valence-electron chi connectivity index (χ4n) is 2.03. The van der Waals surface area contributed by atoms with Crippen molar-refractivity contribution in [3.63, 3.8) is 0 Å². The van der Waals surface area contributed by atoms with E-state index in [1.807, 2.05) is 0 Å². The number of nitrogens with two attached hydrogens (primary N) is 1. The van der Waals surface area contributed by atoms with E-state index in [0.717, 1.165) is 6.42 Å². The van der Waals surface area contributed by atoms with Crippen LogP contribution in [-0.2, 0) is 0 Å². The summed E-state index contributed by atoms with van der Waals surface area (Å²) in [4.78, 5) is 7.01. The van der Waals surface area contributed by atoms with E-state index in [9.17, 15) is 8.78 Å². The number of rotatable bonds is 4. The fraction of sp³-hybridized carbons (Fsp3) is 0.357. The van der Waals surface area contributed by atoms with E-state index < -0.39 is 11.6 Å². The zero-order valence-electron chi connectivity index (χ0n) is 11.0.